The molecule has 0 rings (SSSR count). The summed E-state index contributed by atoms with van der Waals surface area (Å²) in [4.78, 5) is 0. The largest absolute Gasteiger partial charge is 5.00 e. The Labute approximate surface area is 189 Å². The second-order valence-electron chi connectivity index (χ2n) is 1.89. The Bertz CT molecular complexity index is 619. The van der Waals surface area contributed by atoms with Gasteiger partial charge in [0.25, 0.3) is 0 Å². The van der Waals surface area contributed by atoms with Crippen molar-refractivity contribution in [3.05, 3.63) is 0 Å². The van der Waals surface area contributed by atoms with Crippen LogP contribution in [0.25, 0.3) is 0 Å². The normalized spacial score (nSPS) is 10.7. The van der Waals surface area contributed by atoms with Crippen LogP contribution >= 0.6 is 0 Å². The maximum Gasteiger partial charge on any atom is 5.00 e. The summed E-state index contributed by atoms with van der Waals surface area (Å²) in [5.41, 5.74) is 0. The van der Waals surface area contributed by atoms with Crippen LogP contribution < -0.4 is 41.9 Å². The smallest absolute Gasteiger partial charge is 5.00 e. The second kappa shape index (κ2) is 19.6. The summed E-state index contributed by atoms with van der Waals surface area (Å²) < 4.78 is 172. The molecule has 0 fully saturated rings. The third-order valence-corrected chi connectivity index (χ3v) is 0. The molecule has 27 heteroatoms. The zero-order valence-corrected chi connectivity index (χ0v) is 23.3. The predicted molar refractivity (Wildman–Crippen MR) is 6.86 cm³/mol. The van der Waals surface area contributed by atoms with Gasteiger partial charge in [0.2, 0.25) is 0 Å². The van der Waals surface area contributed by atoms with Crippen LogP contribution in [0.15, 0.2) is 0 Å². The number of hydrogen-bond acceptors (Lipinski definition) is 20. The summed E-state index contributed by atoms with van der Waals surface area (Å²) in [6.07, 6.45) is 0. The maximum atomic E-state index is 8.58. The average molecular weight is 957 g/mol. The summed E-state index contributed by atoms with van der Waals surface area (Å²) in [7, 11) is 0. The molecule has 0 bridgehead atoms. The molecule has 0 saturated heterocycles. The summed E-state index contributed by atoms with van der Waals surface area (Å²) in [5, 5.41) is 0. The van der Waals surface area contributed by atoms with Gasteiger partial charge in [-0.05, 0) is 0 Å². The SMILES string of the molecule is [O]=[Mn](=[O])([O-])[O-].[O]=[Mn](=[O])([O-])[O-].[O]=[Mn](=[O])([O-])[O-].[O]=[Mn](=[O])([O-])[O-].[O]=[Mn](=[O])([O-])[O-].[Ta+5].[Ta+5]. The van der Waals surface area contributed by atoms with Crippen LogP contribution in [0.2, 0.25) is 0 Å². The molecule has 0 amide bonds. The van der Waals surface area contributed by atoms with Crippen molar-refractivity contribution in [3.63, 3.8) is 0 Å². The first kappa shape index (κ1) is 46.7. The van der Waals surface area contributed by atoms with Crippen molar-refractivity contribution >= 4 is 0 Å². The molecule has 0 aromatic rings. The van der Waals surface area contributed by atoms with Crippen molar-refractivity contribution in [1.29, 1.82) is 0 Å². The zero-order valence-electron chi connectivity index (χ0n) is 10.9. The molecule has 27 heavy (non-hydrogen) atoms. The first-order chi connectivity index (χ1) is 10.0. The van der Waals surface area contributed by atoms with E-state index in [9.17, 15) is 0 Å². The van der Waals surface area contributed by atoms with Gasteiger partial charge < -0.3 is 0 Å². The quantitative estimate of drug-likeness (QED) is 0.203. The van der Waals surface area contributed by atoms with Crippen molar-refractivity contribution in [1.82, 2.24) is 0 Å². The van der Waals surface area contributed by atoms with Crippen LogP contribution in [0, 0.1) is 0 Å². The molecule has 165 valence electrons. The van der Waals surface area contributed by atoms with Crippen LogP contribution in [-0.4, -0.2) is 0 Å². The fourth-order valence-electron chi connectivity index (χ4n) is 0. The first-order valence-corrected chi connectivity index (χ1v) is 12.7. The van der Waals surface area contributed by atoms with Gasteiger partial charge in [0.05, 0.1) is 0 Å². The van der Waals surface area contributed by atoms with Crippen molar-refractivity contribution in [2.45, 2.75) is 0 Å². The molecule has 0 spiro atoms. The van der Waals surface area contributed by atoms with Gasteiger partial charge in [-0.25, -0.2) is 0 Å². The summed E-state index contributed by atoms with van der Waals surface area (Å²) in [6, 6.07) is 0. The van der Waals surface area contributed by atoms with Gasteiger partial charge in [-0.2, -0.15) is 0 Å². The first-order valence-electron chi connectivity index (χ1n) is 3.09. The Morgan fingerprint density at radius 1 is 0.259 bits per heavy atom. The van der Waals surface area contributed by atoms with Crippen LogP contribution in [0.3, 0.4) is 0 Å². The number of hydrogen-bond donors (Lipinski definition) is 0. The Balaban J connectivity index is -0.0000000364. The van der Waals surface area contributed by atoms with Gasteiger partial charge in [0, 0.05) is 0 Å². The van der Waals surface area contributed by atoms with Crippen LogP contribution in [-0.2, 0) is 150 Å². The number of rotatable bonds is 0. The van der Waals surface area contributed by atoms with Gasteiger partial charge in [0.1, 0.15) is 0 Å². The zero-order chi connectivity index (χ0) is 22.5. The van der Waals surface area contributed by atoms with Crippen LogP contribution in [0.1, 0.15) is 0 Å². The van der Waals surface area contributed by atoms with E-state index in [2.05, 4.69) is 0 Å². The molecule has 0 saturated carbocycles. The standard InChI is InChI=1S/5Mn.20O.2Ta/q;;;;;;;;;;;;;;;10*-1;2*+5. The second-order valence-corrected chi connectivity index (χ2v) is 7.79. The van der Waals surface area contributed by atoms with Crippen LogP contribution in [0.5, 0.6) is 0 Å². The topological polar surface area (TPSA) is 401 Å². The maximum absolute atomic E-state index is 8.58. The van der Waals surface area contributed by atoms with E-state index < -0.39 is 66.8 Å². The van der Waals surface area contributed by atoms with Gasteiger partial charge in [-0.3, -0.25) is 0 Å². The van der Waals surface area contributed by atoms with Gasteiger partial charge in [0.15, 0.2) is 0 Å². The van der Waals surface area contributed by atoms with E-state index in [0.717, 1.165) is 0 Å². The molecule has 0 atom stereocenters. The molecule has 0 heterocycles. The Morgan fingerprint density at radius 3 is 0.259 bits per heavy atom. The summed E-state index contributed by atoms with van der Waals surface area (Å²) in [5.74, 6) is 0. The van der Waals surface area contributed by atoms with E-state index >= 15 is 0 Å². The minimum absolute atomic E-state index is 0. The predicted octanol–water partition coefficient (Wildman–Crippen LogP) is -13.1. The van der Waals surface area contributed by atoms with E-state index in [4.69, 9.17) is 80.2 Å². The molecule has 0 aliphatic carbocycles. The molecule has 0 aliphatic heterocycles. The van der Waals surface area contributed by atoms with Crippen molar-refractivity contribution in [2.24, 2.45) is 0 Å². The van der Waals surface area contributed by atoms with Crippen molar-refractivity contribution in [3.8, 4) is 0 Å². The van der Waals surface area contributed by atoms with Gasteiger partial charge >= 0.3 is 192 Å². The Morgan fingerprint density at radius 2 is 0.259 bits per heavy atom. The van der Waals surface area contributed by atoms with Crippen molar-refractivity contribution < 1.29 is 192 Å². The fourth-order valence-corrected chi connectivity index (χ4v) is 0. The molecule has 0 aliphatic rings. The fraction of sp³-hybridized carbons (Fsp3) is 0. The van der Waals surface area contributed by atoms with E-state index in [1.165, 1.54) is 0 Å². The Hall–Kier alpha value is 1.68. The minimum Gasteiger partial charge on any atom is 5.00 e. The molecular weight excluding hydrogens is 957 g/mol. The average Bonchev–Trinajstić information content (AvgIpc) is 1.79. The van der Waals surface area contributed by atoms with Crippen LogP contribution in [0.4, 0.5) is 0 Å². The summed E-state index contributed by atoms with van der Waals surface area (Å²) in [6.45, 7) is 0. The van der Waals surface area contributed by atoms with Crippen molar-refractivity contribution in [2.75, 3.05) is 0 Å². The Kier molecular flexibility index (Phi) is 34.0. The van der Waals surface area contributed by atoms with Gasteiger partial charge in [-0.1, -0.05) is 0 Å². The summed E-state index contributed by atoms with van der Waals surface area (Å²) >= 11 is -28.1. The monoisotopic (exact) mass is 956 g/mol. The molecule has 0 N–H and O–H groups in total. The molecule has 20 nitrogen and oxygen atoms in total. The minimum atomic E-state index is -5.62. The third-order valence-electron chi connectivity index (χ3n) is 0. The third kappa shape index (κ3) is 6480. The molecule has 0 aromatic heterocycles. The molecule has 0 radical (unpaired) electrons. The van der Waals surface area contributed by atoms with E-state index in [0.29, 0.717) is 0 Å². The molecule has 0 aromatic carbocycles. The van der Waals surface area contributed by atoms with Gasteiger partial charge in [-0.15, -0.1) is 0 Å². The van der Waals surface area contributed by atoms with E-state index in [-0.39, 0.29) is 44.8 Å². The van der Waals surface area contributed by atoms with E-state index in [1.54, 1.807) is 0 Å². The van der Waals surface area contributed by atoms with E-state index in [1.807, 2.05) is 0 Å². The molecule has 0 unspecified atom stereocenters. The molecular formula is Mn5O20Ta2.